The van der Waals surface area contributed by atoms with E-state index in [1.807, 2.05) is 30.3 Å². The molecule has 3 heterocycles. The van der Waals surface area contributed by atoms with E-state index < -0.39 is 0 Å². The fourth-order valence-electron chi connectivity index (χ4n) is 4.12. The molecule has 6 nitrogen and oxygen atoms in total. The van der Waals surface area contributed by atoms with Gasteiger partial charge in [0.05, 0.1) is 11.1 Å². The first-order valence-corrected chi connectivity index (χ1v) is 10.9. The predicted molar refractivity (Wildman–Crippen MR) is 124 cm³/mol. The van der Waals surface area contributed by atoms with Gasteiger partial charge < -0.3 is 14.7 Å². The molecule has 0 bridgehead atoms. The van der Waals surface area contributed by atoms with Gasteiger partial charge in [-0.3, -0.25) is 14.7 Å². The SMILES string of the molecule is O=C1/C(=C/c2ccncc2)Oc2c1ccc(O)c2CN1CCN(c2cccc(Cl)c2)CC1. The summed E-state index contributed by atoms with van der Waals surface area (Å²) >= 11 is 6.13. The molecule has 0 saturated carbocycles. The summed E-state index contributed by atoms with van der Waals surface area (Å²) in [6, 6.07) is 14.7. The molecule has 0 atom stereocenters. The van der Waals surface area contributed by atoms with Crippen molar-refractivity contribution in [2.45, 2.75) is 6.54 Å². The van der Waals surface area contributed by atoms with Gasteiger partial charge in [0.2, 0.25) is 5.78 Å². The monoisotopic (exact) mass is 447 g/mol. The third-order valence-electron chi connectivity index (χ3n) is 5.85. The molecule has 0 radical (unpaired) electrons. The quantitative estimate of drug-likeness (QED) is 0.599. The first-order valence-electron chi connectivity index (χ1n) is 10.5. The molecule has 0 spiro atoms. The molecule has 32 heavy (non-hydrogen) atoms. The van der Waals surface area contributed by atoms with Gasteiger partial charge in [-0.2, -0.15) is 0 Å². The summed E-state index contributed by atoms with van der Waals surface area (Å²) in [7, 11) is 0. The van der Waals surface area contributed by atoms with E-state index in [0.717, 1.165) is 42.5 Å². The molecule has 3 aromatic rings. The van der Waals surface area contributed by atoms with Gasteiger partial charge in [-0.25, -0.2) is 0 Å². The number of phenols is 1. The van der Waals surface area contributed by atoms with E-state index in [0.29, 0.717) is 23.4 Å². The molecule has 0 unspecified atom stereocenters. The average Bonchev–Trinajstić information content (AvgIpc) is 3.12. The number of nitrogens with zero attached hydrogens (tertiary/aromatic N) is 3. The Morgan fingerprint density at radius 1 is 1.06 bits per heavy atom. The number of benzene rings is 2. The molecule has 5 rings (SSSR count). The van der Waals surface area contributed by atoms with Gasteiger partial charge in [-0.15, -0.1) is 0 Å². The van der Waals surface area contributed by atoms with E-state index in [1.54, 1.807) is 30.6 Å². The third kappa shape index (κ3) is 4.07. The number of aromatic nitrogens is 1. The molecule has 2 aliphatic heterocycles. The van der Waals surface area contributed by atoms with Crippen LogP contribution < -0.4 is 9.64 Å². The average molecular weight is 448 g/mol. The van der Waals surface area contributed by atoms with E-state index in [4.69, 9.17) is 16.3 Å². The number of rotatable bonds is 4. The highest BCUT2D eigenvalue weighted by Crippen LogP contribution is 2.40. The number of ether oxygens (including phenoxy) is 1. The predicted octanol–water partition coefficient (Wildman–Crippen LogP) is 4.38. The summed E-state index contributed by atoms with van der Waals surface area (Å²) in [6.45, 7) is 3.85. The van der Waals surface area contributed by atoms with Gasteiger partial charge >= 0.3 is 0 Å². The molecule has 7 heteroatoms. The van der Waals surface area contributed by atoms with Crippen LogP contribution in [-0.4, -0.2) is 47.0 Å². The van der Waals surface area contributed by atoms with Crippen molar-refractivity contribution in [2.24, 2.45) is 0 Å². The fraction of sp³-hybridized carbons (Fsp3) is 0.200. The Kier molecular flexibility index (Phi) is 5.55. The lowest BCUT2D eigenvalue weighted by atomic mass is 10.0. The molecular formula is C25H22ClN3O3. The second-order valence-corrected chi connectivity index (χ2v) is 8.34. The lowest BCUT2D eigenvalue weighted by Gasteiger charge is -2.36. The molecule has 0 aliphatic carbocycles. The molecule has 2 aromatic carbocycles. The Morgan fingerprint density at radius 2 is 1.84 bits per heavy atom. The van der Waals surface area contributed by atoms with Gasteiger partial charge in [0.1, 0.15) is 11.5 Å². The number of phenolic OH excluding ortho intramolecular Hbond substituents is 1. The number of anilines is 1. The number of ketones is 1. The number of Topliss-reactive ketones (excluding diaryl/α,β-unsaturated/α-hetero) is 1. The smallest absolute Gasteiger partial charge is 0.231 e. The minimum atomic E-state index is -0.177. The number of fused-ring (bicyclic) bond motifs is 1. The summed E-state index contributed by atoms with van der Waals surface area (Å²) in [5.74, 6) is 0.666. The second-order valence-electron chi connectivity index (χ2n) is 7.90. The van der Waals surface area contributed by atoms with Crippen molar-refractivity contribution in [3.05, 3.63) is 88.4 Å². The number of aromatic hydroxyl groups is 1. The van der Waals surface area contributed by atoms with Crippen LogP contribution in [0, 0.1) is 0 Å². The fourth-order valence-corrected chi connectivity index (χ4v) is 4.31. The van der Waals surface area contributed by atoms with Gasteiger partial charge in [0.25, 0.3) is 0 Å². The zero-order valence-corrected chi connectivity index (χ0v) is 18.1. The second kappa shape index (κ2) is 8.65. The van der Waals surface area contributed by atoms with Crippen molar-refractivity contribution in [1.29, 1.82) is 0 Å². The van der Waals surface area contributed by atoms with Crippen LogP contribution in [0.15, 0.2) is 66.7 Å². The Bertz CT molecular complexity index is 1190. The van der Waals surface area contributed by atoms with Gasteiger partial charge in [-0.05, 0) is 54.1 Å². The summed E-state index contributed by atoms with van der Waals surface area (Å²) in [5.41, 5.74) is 3.07. The molecule has 2 aliphatic rings. The molecule has 162 valence electrons. The number of hydrogen-bond acceptors (Lipinski definition) is 6. The highest BCUT2D eigenvalue weighted by Gasteiger charge is 2.32. The number of hydrogen-bond donors (Lipinski definition) is 1. The summed E-state index contributed by atoms with van der Waals surface area (Å²) in [4.78, 5) is 21.4. The minimum Gasteiger partial charge on any atom is -0.507 e. The molecular weight excluding hydrogens is 426 g/mol. The zero-order chi connectivity index (χ0) is 22.1. The Hall–Kier alpha value is -3.35. The summed E-state index contributed by atoms with van der Waals surface area (Å²) < 4.78 is 5.96. The van der Waals surface area contributed by atoms with Gasteiger partial charge in [-0.1, -0.05) is 17.7 Å². The van der Waals surface area contributed by atoms with Crippen LogP contribution in [0.5, 0.6) is 11.5 Å². The lowest BCUT2D eigenvalue weighted by molar-refractivity contribution is 0.101. The van der Waals surface area contributed by atoms with E-state index >= 15 is 0 Å². The lowest BCUT2D eigenvalue weighted by Crippen LogP contribution is -2.46. The Balaban J connectivity index is 1.32. The zero-order valence-electron chi connectivity index (χ0n) is 17.4. The van der Waals surface area contributed by atoms with E-state index in [9.17, 15) is 9.90 Å². The van der Waals surface area contributed by atoms with Crippen LogP contribution in [0.3, 0.4) is 0 Å². The molecule has 0 amide bonds. The summed E-state index contributed by atoms with van der Waals surface area (Å²) in [6.07, 6.45) is 5.03. The number of allylic oxidation sites excluding steroid dienone is 1. The van der Waals surface area contributed by atoms with Crippen molar-refractivity contribution in [3.8, 4) is 11.5 Å². The number of piperazine rings is 1. The third-order valence-corrected chi connectivity index (χ3v) is 6.08. The molecule has 1 fully saturated rings. The number of halogens is 1. The molecule has 1 saturated heterocycles. The van der Waals surface area contributed by atoms with Crippen LogP contribution in [0.2, 0.25) is 5.02 Å². The standard InChI is InChI=1S/C25H22ClN3O3/c26-18-2-1-3-19(15-18)29-12-10-28(11-13-29)16-21-22(30)5-4-20-24(31)23(32-25(20)21)14-17-6-8-27-9-7-17/h1-9,14-15,30H,10-13,16H2/b23-14-. The van der Waals surface area contributed by atoms with Crippen molar-refractivity contribution in [2.75, 3.05) is 31.1 Å². The van der Waals surface area contributed by atoms with Gasteiger partial charge in [0, 0.05) is 55.8 Å². The Morgan fingerprint density at radius 3 is 2.59 bits per heavy atom. The maximum absolute atomic E-state index is 12.9. The first kappa shape index (κ1) is 20.5. The highest BCUT2D eigenvalue weighted by molar-refractivity contribution is 6.30. The topological polar surface area (TPSA) is 65.9 Å². The van der Waals surface area contributed by atoms with Crippen molar-refractivity contribution < 1.29 is 14.6 Å². The molecule has 1 aromatic heterocycles. The van der Waals surface area contributed by atoms with Crippen molar-refractivity contribution in [3.63, 3.8) is 0 Å². The van der Waals surface area contributed by atoms with Crippen LogP contribution in [0.4, 0.5) is 5.69 Å². The van der Waals surface area contributed by atoms with Crippen LogP contribution >= 0.6 is 11.6 Å². The number of carbonyl (C=O) groups excluding carboxylic acids is 1. The van der Waals surface area contributed by atoms with E-state index in [-0.39, 0.29) is 17.3 Å². The van der Waals surface area contributed by atoms with Crippen LogP contribution in [-0.2, 0) is 6.54 Å². The van der Waals surface area contributed by atoms with Crippen molar-refractivity contribution >= 4 is 29.1 Å². The van der Waals surface area contributed by atoms with Gasteiger partial charge in [0.15, 0.2) is 5.76 Å². The normalized spacial score (nSPS) is 17.5. The first-order chi connectivity index (χ1) is 15.6. The van der Waals surface area contributed by atoms with Crippen LogP contribution in [0.1, 0.15) is 21.5 Å². The Labute approximate surface area is 191 Å². The van der Waals surface area contributed by atoms with E-state index in [1.165, 1.54) is 0 Å². The van der Waals surface area contributed by atoms with Crippen molar-refractivity contribution in [1.82, 2.24) is 9.88 Å². The minimum absolute atomic E-state index is 0.138. The largest absolute Gasteiger partial charge is 0.507 e. The van der Waals surface area contributed by atoms with E-state index in [2.05, 4.69) is 20.9 Å². The van der Waals surface area contributed by atoms with Crippen LogP contribution in [0.25, 0.3) is 6.08 Å². The highest BCUT2D eigenvalue weighted by atomic mass is 35.5. The maximum atomic E-state index is 12.9. The molecule has 1 N–H and O–H groups in total. The maximum Gasteiger partial charge on any atom is 0.231 e. The summed E-state index contributed by atoms with van der Waals surface area (Å²) in [5, 5.41) is 11.3. The number of pyridine rings is 1. The number of carbonyl (C=O) groups is 1.